The monoisotopic (exact) mass is 495 g/mol. The van der Waals surface area contributed by atoms with Crippen LogP contribution in [0.5, 0.6) is 5.75 Å². The van der Waals surface area contributed by atoms with Gasteiger partial charge < -0.3 is 9.47 Å². The fraction of sp³-hybridized carbons (Fsp3) is 0.500. The molecule has 1 aromatic heterocycles. The van der Waals surface area contributed by atoms with Crippen molar-refractivity contribution in [2.24, 2.45) is 0 Å². The standard InChI is InChI=1S/C28H37N3O3S/c1-3-5-6-18-34-24-11-9-23(10-12-24)27(32)31(15-7-14-30-16-19-33-20-17-30)28-29-25-13-8-22(4-2)21-26(25)35-28/h8-13,21H,3-7,14-20H2,1-2H3. The summed E-state index contributed by atoms with van der Waals surface area (Å²) < 4.78 is 12.4. The normalized spacial score (nSPS) is 14.3. The van der Waals surface area contributed by atoms with Crippen molar-refractivity contribution in [3.63, 3.8) is 0 Å². The van der Waals surface area contributed by atoms with E-state index in [4.69, 9.17) is 14.5 Å². The number of unbranched alkanes of at least 4 members (excludes halogenated alkanes) is 2. The zero-order valence-corrected chi connectivity index (χ0v) is 21.8. The van der Waals surface area contributed by atoms with Crippen molar-refractivity contribution >= 4 is 32.6 Å². The minimum absolute atomic E-state index is 0.0146. The van der Waals surface area contributed by atoms with Crippen molar-refractivity contribution in [1.29, 1.82) is 0 Å². The van der Waals surface area contributed by atoms with Crippen molar-refractivity contribution in [3.8, 4) is 5.75 Å². The van der Waals surface area contributed by atoms with Gasteiger partial charge in [0, 0.05) is 31.7 Å². The number of fused-ring (bicyclic) bond motifs is 1. The third-order valence-electron chi connectivity index (χ3n) is 6.40. The maximum Gasteiger partial charge on any atom is 0.260 e. The van der Waals surface area contributed by atoms with E-state index < -0.39 is 0 Å². The molecule has 2 heterocycles. The van der Waals surface area contributed by atoms with Gasteiger partial charge in [-0.2, -0.15) is 0 Å². The summed E-state index contributed by atoms with van der Waals surface area (Å²) >= 11 is 1.60. The van der Waals surface area contributed by atoms with Crippen molar-refractivity contribution in [3.05, 3.63) is 53.6 Å². The van der Waals surface area contributed by atoms with Gasteiger partial charge in [0.2, 0.25) is 0 Å². The number of morpholine rings is 1. The van der Waals surface area contributed by atoms with E-state index >= 15 is 0 Å². The third kappa shape index (κ3) is 7.03. The summed E-state index contributed by atoms with van der Waals surface area (Å²) in [5.74, 6) is 0.794. The van der Waals surface area contributed by atoms with Gasteiger partial charge in [0.15, 0.2) is 5.13 Å². The van der Waals surface area contributed by atoms with Crippen LogP contribution in [0.15, 0.2) is 42.5 Å². The Morgan fingerprint density at radius 3 is 2.63 bits per heavy atom. The second-order valence-corrected chi connectivity index (χ2v) is 10.0. The highest BCUT2D eigenvalue weighted by molar-refractivity contribution is 7.22. The Morgan fingerprint density at radius 2 is 1.89 bits per heavy atom. The number of aromatic nitrogens is 1. The van der Waals surface area contributed by atoms with Gasteiger partial charge in [-0.3, -0.25) is 14.6 Å². The Kier molecular flexibility index (Phi) is 9.51. The average Bonchev–Trinajstić information content (AvgIpc) is 3.32. The van der Waals surface area contributed by atoms with Gasteiger partial charge in [-0.25, -0.2) is 4.98 Å². The highest BCUT2D eigenvalue weighted by Gasteiger charge is 2.22. The van der Waals surface area contributed by atoms with E-state index in [1.807, 2.05) is 29.2 Å². The molecule has 1 amide bonds. The summed E-state index contributed by atoms with van der Waals surface area (Å²) in [5, 5.41) is 0.764. The van der Waals surface area contributed by atoms with Gasteiger partial charge in [-0.05, 0) is 61.2 Å². The van der Waals surface area contributed by atoms with E-state index in [0.717, 1.165) is 79.6 Å². The predicted molar refractivity (Wildman–Crippen MR) is 144 cm³/mol. The van der Waals surface area contributed by atoms with E-state index in [0.29, 0.717) is 18.7 Å². The van der Waals surface area contributed by atoms with Crippen molar-refractivity contribution < 1.29 is 14.3 Å². The molecule has 1 fully saturated rings. The third-order valence-corrected chi connectivity index (χ3v) is 7.44. The lowest BCUT2D eigenvalue weighted by Crippen LogP contribution is -2.39. The van der Waals surface area contributed by atoms with E-state index in [-0.39, 0.29) is 5.91 Å². The second-order valence-electron chi connectivity index (χ2n) is 9.00. The lowest BCUT2D eigenvalue weighted by atomic mass is 10.2. The van der Waals surface area contributed by atoms with E-state index in [2.05, 4.69) is 36.9 Å². The largest absolute Gasteiger partial charge is 0.494 e. The molecule has 0 aliphatic carbocycles. The van der Waals surface area contributed by atoms with Crippen LogP contribution in [0.4, 0.5) is 5.13 Å². The van der Waals surface area contributed by atoms with Crippen LogP contribution in [-0.4, -0.2) is 61.8 Å². The van der Waals surface area contributed by atoms with Gasteiger partial charge in [-0.15, -0.1) is 0 Å². The van der Waals surface area contributed by atoms with Crippen LogP contribution in [0.25, 0.3) is 10.2 Å². The van der Waals surface area contributed by atoms with Crippen LogP contribution in [0.2, 0.25) is 0 Å². The quantitative estimate of drug-likeness (QED) is 0.297. The zero-order valence-electron chi connectivity index (χ0n) is 21.0. The Balaban J connectivity index is 1.49. The number of aryl methyl sites for hydroxylation is 1. The molecule has 1 saturated heterocycles. The van der Waals surface area contributed by atoms with Crippen LogP contribution >= 0.6 is 11.3 Å². The van der Waals surface area contributed by atoms with Crippen LogP contribution in [0.1, 0.15) is 55.5 Å². The maximum atomic E-state index is 13.7. The first-order valence-corrected chi connectivity index (χ1v) is 13.7. The topological polar surface area (TPSA) is 54.9 Å². The van der Waals surface area contributed by atoms with E-state index in [9.17, 15) is 4.79 Å². The SMILES string of the molecule is CCCCCOc1ccc(C(=O)N(CCCN2CCOCC2)c2nc3ccc(CC)cc3s2)cc1. The van der Waals surface area contributed by atoms with Crippen LogP contribution in [0.3, 0.4) is 0 Å². The number of rotatable bonds is 12. The van der Waals surface area contributed by atoms with Gasteiger partial charge in [0.05, 0.1) is 30.0 Å². The number of hydrogen-bond donors (Lipinski definition) is 0. The molecule has 3 aromatic rings. The molecule has 0 radical (unpaired) electrons. The predicted octanol–water partition coefficient (Wildman–Crippen LogP) is 5.80. The van der Waals surface area contributed by atoms with Gasteiger partial charge in [0.1, 0.15) is 5.75 Å². The van der Waals surface area contributed by atoms with Crippen molar-refractivity contribution in [2.45, 2.75) is 46.0 Å². The first-order valence-electron chi connectivity index (χ1n) is 12.9. The number of carbonyl (C=O) groups excluding carboxylic acids is 1. The number of benzene rings is 2. The summed E-state index contributed by atoms with van der Waals surface area (Å²) in [6.45, 7) is 10.1. The Labute approximate surface area is 212 Å². The molecule has 0 unspecified atom stereocenters. The molecule has 188 valence electrons. The number of anilines is 1. The van der Waals surface area contributed by atoms with Gasteiger partial charge in [-0.1, -0.05) is 44.1 Å². The first-order chi connectivity index (χ1) is 17.2. The highest BCUT2D eigenvalue weighted by atomic mass is 32.1. The fourth-order valence-electron chi connectivity index (χ4n) is 4.25. The van der Waals surface area contributed by atoms with Gasteiger partial charge in [0.25, 0.3) is 5.91 Å². The summed E-state index contributed by atoms with van der Waals surface area (Å²) in [4.78, 5) is 22.8. The smallest absolute Gasteiger partial charge is 0.260 e. The average molecular weight is 496 g/mol. The molecule has 1 aliphatic heterocycles. The van der Waals surface area contributed by atoms with Crippen molar-refractivity contribution in [1.82, 2.24) is 9.88 Å². The second kappa shape index (κ2) is 13.0. The summed E-state index contributed by atoms with van der Waals surface area (Å²) in [7, 11) is 0. The van der Waals surface area contributed by atoms with E-state index in [1.54, 1.807) is 11.3 Å². The molecule has 0 N–H and O–H groups in total. The highest BCUT2D eigenvalue weighted by Crippen LogP contribution is 2.31. The lowest BCUT2D eigenvalue weighted by Gasteiger charge is -2.27. The first kappa shape index (κ1) is 25.6. The molecule has 0 saturated carbocycles. The number of thiazole rings is 1. The molecule has 0 bridgehead atoms. The molecule has 35 heavy (non-hydrogen) atoms. The molecule has 1 aliphatic rings. The summed E-state index contributed by atoms with van der Waals surface area (Å²) in [6, 6.07) is 13.9. The van der Waals surface area contributed by atoms with Gasteiger partial charge >= 0.3 is 0 Å². The fourth-order valence-corrected chi connectivity index (χ4v) is 5.30. The Bertz CT molecular complexity index is 1080. The Hall–Kier alpha value is -2.48. The minimum Gasteiger partial charge on any atom is -0.494 e. The summed E-state index contributed by atoms with van der Waals surface area (Å²) in [6.07, 6.45) is 5.26. The van der Waals surface area contributed by atoms with Crippen LogP contribution in [-0.2, 0) is 11.2 Å². The Morgan fingerprint density at radius 1 is 1.09 bits per heavy atom. The molecule has 0 atom stereocenters. The number of carbonyl (C=O) groups is 1. The molecule has 0 spiro atoms. The van der Waals surface area contributed by atoms with Crippen LogP contribution < -0.4 is 9.64 Å². The zero-order chi connectivity index (χ0) is 24.5. The van der Waals surface area contributed by atoms with Crippen LogP contribution in [0, 0.1) is 0 Å². The number of ether oxygens (including phenoxy) is 2. The van der Waals surface area contributed by atoms with Crippen molar-refractivity contribution in [2.75, 3.05) is 50.9 Å². The molecule has 2 aromatic carbocycles. The summed E-state index contributed by atoms with van der Waals surface area (Å²) in [5.41, 5.74) is 2.89. The van der Waals surface area contributed by atoms with E-state index in [1.165, 1.54) is 12.0 Å². The molecule has 4 rings (SSSR count). The lowest BCUT2D eigenvalue weighted by molar-refractivity contribution is 0.0376. The maximum absolute atomic E-state index is 13.7. The molecular formula is C28H37N3O3S. The number of amides is 1. The molecular weight excluding hydrogens is 458 g/mol. The number of nitrogens with zero attached hydrogens (tertiary/aromatic N) is 3. The minimum atomic E-state index is -0.0146. The molecule has 7 heteroatoms. The number of hydrogen-bond acceptors (Lipinski definition) is 6. The molecule has 6 nitrogen and oxygen atoms in total.